The molecule has 2 saturated heterocycles. The molecule has 2 aliphatic heterocycles. The second-order valence-electron chi connectivity index (χ2n) is 6.14. The van der Waals surface area contributed by atoms with Gasteiger partial charge >= 0.3 is 0 Å². The maximum Gasteiger partial charge on any atom is 0.106 e. The van der Waals surface area contributed by atoms with Gasteiger partial charge in [0.1, 0.15) is 6.10 Å². The van der Waals surface area contributed by atoms with Crippen LogP contribution in [0.2, 0.25) is 0 Å². The maximum atomic E-state index is 10.1. The topological polar surface area (TPSA) is 58.9 Å². The fourth-order valence-corrected chi connectivity index (χ4v) is 3.12. The number of hydrogen-bond donors (Lipinski definition) is 2. The Hall–Kier alpha value is -0.160. The Morgan fingerprint density at radius 2 is 1.76 bits per heavy atom. The molecule has 17 heavy (non-hydrogen) atoms. The molecular weight excluding hydrogens is 220 g/mol. The first-order valence-corrected chi connectivity index (χ1v) is 6.49. The highest BCUT2D eigenvalue weighted by atomic mass is 16.6. The molecule has 0 amide bonds. The Kier molecular flexibility index (Phi) is 3.51. The summed E-state index contributed by atoms with van der Waals surface area (Å²) in [5.74, 6) is 0.140. The molecule has 6 unspecified atom stereocenters. The van der Waals surface area contributed by atoms with Crippen LogP contribution in [-0.2, 0) is 9.47 Å². The lowest BCUT2D eigenvalue weighted by Gasteiger charge is -2.47. The van der Waals surface area contributed by atoms with Gasteiger partial charge in [-0.2, -0.15) is 0 Å². The summed E-state index contributed by atoms with van der Waals surface area (Å²) >= 11 is 0. The average Bonchev–Trinajstić information content (AvgIpc) is 2.23. The minimum absolute atomic E-state index is 0.0672. The van der Waals surface area contributed by atoms with Gasteiger partial charge in [0.25, 0.3) is 0 Å². The van der Waals surface area contributed by atoms with Crippen LogP contribution >= 0.6 is 0 Å². The van der Waals surface area contributed by atoms with Crippen LogP contribution in [0.25, 0.3) is 0 Å². The number of rotatable bonds is 2. The van der Waals surface area contributed by atoms with Gasteiger partial charge in [0.15, 0.2) is 0 Å². The second-order valence-corrected chi connectivity index (χ2v) is 6.14. The number of aliphatic hydroxyl groups is 2. The normalized spacial score (nSPS) is 49.8. The van der Waals surface area contributed by atoms with Crippen molar-refractivity contribution in [1.82, 2.24) is 0 Å². The molecule has 0 aromatic rings. The summed E-state index contributed by atoms with van der Waals surface area (Å²) in [6, 6.07) is 0. The largest absolute Gasteiger partial charge is 0.390 e. The third-order valence-corrected chi connectivity index (χ3v) is 4.01. The lowest BCUT2D eigenvalue weighted by Crippen LogP contribution is -2.56. The van der Waals surface area contributed by atoms with Crippen LogP contribution in [0.15, 0.2) is 0 Å². The Bertz CT molecular complexity index is 279. The zero-order chi connectivity index (χ0) is 12.8. The van der Waals surface area contributed by atoms with Gasteiger partial charge in [-0.15, -0.1) is 0 Å². The predicted octanol–water partition coefficient (Wildman–Crippen LogP) is 1.09. The minimum atomic E-state index is -0.463. The first-order valence-electron chi connectivity index (χ1n) is 6.49. The highest BCUT2D eigenvalue weighted by Crippen LogP contribution is 2.38. The monoisotopic (exact) mass is 244 g/mol. The Balaban J connectivity index is 1.95. The van der Waals surface area contributed by atoms with E-state index in [0.29, 0.717) is 6.42 Å². The lowest BCUT2D eigenvalue weighted by atomic mass is 9.78. The van der Waals surface area contributed by atoms with E-state index in [1.807, 2.05) is 27.7 Å². The van der Waals surface area contributed by atoms with Gasteiger partial charge in [-0.25, -0.2) is 0 Å². The van der Waals surface area contributed by atoms with E-state index in [4.69, 9.17) is 9.47 Å². The van der Waals surface area contributed by atoms with Gasteiger partial charge in [-0.1, -0.05) is 0 Å². The number of hydrogen-bond acceptors (Lipinski definition) is 4. The van der Waals surface area contributed by atoms with E-state index in [0.717, 1.165) is 6.42 Å². The zero-order valence-corrected chi connectivity index (χ0v) is 11.1. The van der Waals surface area contributed by atoms with E-state index < -0.39 is 6.10 Å². The Morgan fingerprint density at radius 1 is 1.12 bits per heavy atom. The van der Waals surface area contributed by atoms with Crippen LogP contribution in [-0.4, -0.2) is 46.3 Å². The summed E-state index contributed by atoms with van der Waals surface area (Å²) in [5, 5.41) is 19.9. The van der Waals surface area contributed by atoms with Gasteiger partial charge in [-0.05, 0) is 46.5 Å². The highest BCUT2D eigenvalue weighted by molar-refractivity contribution is 4.93. The average molecular weight is 244 g/mol. The van der Waals surface area contributed by atoms with Gasteiger partial charge in [0.2, 0.25) is 0 Å². The molecule has 4 heteroatoms. The molecule has 100 valence electrons. The van der Waals surface area contributed by atoms with Crippen LogP contribution < -0.4 is 0 Å². The van der Waals surface area contributed by atoms with Crippen LogP contribution in [0.4, 0.5) is 0 Å². The van der Waals surface area contributed by atoms with Gasteiger partial charge in [-0.3, -0.25) is 0 Å². The van der Waals surface area contributed by atoms with Gasteiger partial charge < -0.3 is 19.7 Å². The second kappa shape index (κ2) is 4.50. The zero-order valence-electron chi connectivity index (χ0n) is 11.1. The molecule has 2 rings (SSSR count). The summed E-state index contributed by atoms with van der Waals surface area (Å²) in [6.45, 7) is 7.86. The summed E-state index contributed by atoms with van der Waals surface area (Å²) in [5.41, 5.74) is -0.205. The van der Waals surface area contributed by atoms with Gasteiger partial charge in [0.05, 0.1) is 30.0 Å². The van der Waals surface area contributed by atoms with Crippen molar-refractivity contribution in [2.75, 3.05) is 0 Å². The third-order valence-electron chi connectivity index (χ3n) is 4.01. The lowest BCUT2D eigenvalue weighted by molar-refractivity contribution is -0.236. The predicted molar refractivity (Wildman–Crippen MR) is 63.7 cm³/mol. The molecule has 0 aromatic carbocycles. The smallest absolute Gasteiger partial charge is 0.106 e. The standard InChI is InChI=1S/C13H24O4/c1-7-12(15)10(16-7)5-9-6-13(3,4)17-8(2)11(9)14/h7-12,14-15H,5-6H2,1-4H3. The third kappa shape index (κ3) is 2.65. The van der Waals surface area contributed by atoms with Crippen LogP contribution in [0.1, 0.15) is 40.5 Å². The quantitative estimate of drug-likeness (QED) is 0.763. The molecule has 0 radical (unpaired) electrons. The molecule has 0 spiro atoms. The van der Waals surface area contributed by atoms with Crippen LogP contribution in [0.5, 0.6) is 0 Å². The van der Waals surface area contributed by atoms with Crippen LogP contribution in [0, 0.1) is 5.92 Å². The van der Waals surface area contributed by atoms with Crippen molar-refractivity contribution in [3.05, 3.63) is 0 Å². The van der Waals surface area contributed by atoms with Crippen molar-refractivity contribution in [3.63, 3.8) is 0 Å². The SMILES string of the molecule is CC1OC(C)(C)CC(CC2OC(C)C2O)C1O. The fourth-order valence-electron chi connectivity index (χ4n) is 3.12. The van der Waals surface area contributed by atoms with Crippen LogP contribution in [0.3, 0.4) is 0 Å². The molecule has 2 aliphatic rings. The molecular formula is C13H24O4. The van der Waals surface area contributed by atoms with Crippen molar-refractivity contribution >= 4 is 0 Å². The van der Waals surface area contributed by atoms with Crippen molar-refractivity contribution in [3.8, 4) is 0 Å². The summed E-state index contributed by atoms with van der Waals surface area (Å²) in [4.78, 5) is 0. The molecule has 2 N–H and O–H groups in total. The summed E-state index contributed by atoms with van der Waals surface area (Å²) in [6.07, 6.45) is 0.327. The molecule has 4 nitrogen and oxygen atoms in total. The maximum absolute atomic E-state index is 10.1. The summed E-state index contributed by atoms with van der Waals surface area (Å²) < 4.78 is 11.2. The number of ether oxygens (including phenoxy) is 2. The van der Waals surface area contributed by atoms with Gasteiger partial charge in [0, 0.05) is 0 Å². The first-order chi connectivity index (χ1) is 7.80. The van der Waals surface area contributed by atoms with E-state index in [9.17, 15) is 10.2 Å². The first kappa shape index (κ1) is 13.3. The highest BCUT2D eigenvalue weighted by Gasteiger charge is 2.45. The number of aliphatic hydroxyl groups excluding tert-OH is 2. The van der Waals surface area contributed by atoms with E-state index in [1.54, 1.807) is 0 Å². The minimum Gasteiger partial charge on any atom is -0.390 e. The Morgan fingerprint density at radius 3 is 2.29 bits per heavy atom. The molecule has 0 aromatic heterocycles. The van der Waals surface area contributed by atoms with E-state index >= 15 is 0 Å². The van der Waals surface area contributed by atoms with Crippen molar-refractivity contribution in [1.29, 1.82) is 0 Å². The van der Waals surface area contributed by atoms with E-state index in [2.05, 4.69) is 0 Å². The molecule has 0 saturated carbocycles. The molecule has 0 bridgehead atoms. The Labute approximate surface area is 103 Å². The molecule has 2 heterocycles. The van der Waals surface area contributed by atoms with Crippen molar-refractivity contribution in [2.24, 2.45) is 5.92 Å². The summed E-state index contributed by atoms with van der Waals surface area (Å²) in [7, 11) is 0. The molecule has 6 atom stereocenters. The van der Waals surface area contributed by atoms with E-state index in [-0.39, 0.29) is 35.9 Å². The van der Waals surface area contributed by atoms with E-state index in [1.165, 1.54) is 0 Å². The van der Waals surface area contributed by atoms with Crippen molar-refractivity contribution in [2.45, 2.75) is 76.7 Å². The molecule has 0 aliphatic carbocycles. The fraction of sp³-hybridized carbons (Fsp3) is 1.00. The van der Waals surface area contributed by atoms with Crippen molar-refractivity contribution < 1.29 is 19.7 Å². The molecule has 2 fully saturated rings.